The fourth-order valence-electron chi connectivity index (χ4n) is 7.61. The molecule has 62 heavy (non-hydrogen) atoms. The van der Waals surface area contributed by atoms with Gasteiger partial charge in [-0.05, 0) is 51.4 Å². The standard InChI is InChI=1S/C53H99O8P/c1-4-6-8-10-12-14-16-18-20-22-24-25-26-27-28-30-31-33-35-37-39-41-43-45-47-52(54)59-49-51(50-60-62(56,57)58-3)61-53(55)48-46-44-42-40-38-36-34-32-29-23-21-19-17-15-13-11-9-7-5-2/h13,15,19,21,29,32,51H,4-12,14,16-18,20,22-28,30-31,33-50H2,1-3H3,(H,56,57)/b15-13-,21-19-,32-29-. The molecular weight excluding hydrogens is 796 g/mol. The van der Waals surface area contributed by atoms with Crippen LogP contribution in [-0.2, 0) is 32.7 Å². The molecule has 8 nitrogen and oxygen atoms in total. The molecule has 0 amide bonds. The summed E-state index contributed by atoms with van der Waals surface area (Å²) in [6.07, 6.45) is 59.3. The van der Waals surface area contributed by atoms with Crippen LogP contribution in [0.2, 0.25) is 0 Å². The van der Waals surface area contributed by atoms with Crippen molar-refractivity contribution in [3.05, 3.63) is 36.5 Å². The predicted octanol–water partition coefficient (Wildman–Crippen LogP) is 17.1. The minimum absolute atomic E-state index is 0.227. The lowest BCUT2D eigenvalue weighted by atomic mass is 10.0. The number of allylic oxidation sites excluding steroid dienone is 6. The molecule has 2 atom stereocenters. The molecule has 0 aromatic rings. The first-order valence-corrected chi connectivity index (χ1v) is 27.7. The Morgan fingerprint density at radius 3 is 1.18 bits per heavy atom. The molecule has 0 aromatic carbocycles. The van der Waals surface area contributed by atoms with E-state index < -0.39 is 26.5 Å². The summed E-state index contributed by atoms with van der Waals surface area (Å²) in [5, 5.41) is 0. The van der Waals surface area contributed by atoms with Gasteiger partial charge in [-0.3, -0.25) is 18.6 Å². The molecule has 364 valence electrons. The molecular formula is C53H99O8P. The zero-order valence-corrected chi connectivity index (χ0v) is 41.7. The third kappa shape index (κ3) is 47.7. The van der Waals surface area contributed by atoms with Gasteiger partial charge in [-0.1, -0.05) is 237 Å². The van der Waals surface area contributed by atoms with Crippen molar-refractivity contribution in [2.24, 2.45) is 0 Å². The van der Waals surface area contributed by atoms with E-state index in [2.05, 4.69) is 54.8 Å². The summed E-state index contributed by atoms with van der Waals surface area (Å²) in [5.74, 6) is -0.806. The molecule has 0 aliphatic heterocycles. The van der Waals surface area contributed by atoms with Gasteiger partial charge in [0.15, 0.2) is 6.10 Å². The Hall–Kier alpha value is -1.73. The Kier molecular flexibility index (Phi) is 47.4. The van der Waals surface area contributed by atoms with Crippen molar-refractivity contribution in [3.8, 4) is 0 Å². The predicted molar refractivity (Wildman–Crippen MR) is 262 cm³/mol. The molecule has 0 saturated heterocycles. The zero-order valence-electron chi connectivity index (χ0n) is 40.8. The highest BCUT2D eigenvalue weighted by molar-refractivity contribution is 7.47. The largest absolute Gasteiger partial charge is 0.472 e. The molecule has 0 radical (unpaired) electrons. The average molecular weight is 895 g/mol. The third-order valence-corrected chi connectivity index (χ3v) is 12.6. The second-order valence-corrected chi connectivity index (χ2v) is 19.2. The molecule has 0 aromatic heterocycles. The number of phosphoric ester groups is 1. The van der Waals surface area contributed by atoms with Crippen LogP contribution in [0.1, 0.15) is 264 Å². The Bertz CT molecular complexity index is 1110. The fourth-order valence-corrected chi connectivity index (χ4v) is 8.07. The topological polar surface area (TPSA) is 108 Å². The van der Waals surface area contributed by atoms with Gasteiger partial charge in [0.1, 0.15) is 6.61 Å². The number of phosphoric acid groups is 1. The number of carbonyl (C=O) groups is 2. The highest BCUT2D eigenvalue weighted by Crippen LogP contribution is 2.42. The number of hydrogen-bond donors (Lipinski definition) is 1. The third-order valence-electron chi connectivity index (χ3n) is 11.6. The van der Waals surface area contributed by atoms with E-state index in [0.717, 1.165) is 64.9 Å². The number of ether oxygens (including phenoxy) is 2. The molecule has 0 rings (SSSR count). The van der Waals surface area contributed by atoms with Gasteiger partial charge < -0.3 is 14.4 Å². The van der Waals surface area contributed by atoms with Crippen molar-refractivity contribution < 1.29 is 37.6 Å². The van der Waals surface area contributed by atoms with E-state index in [4.69, 9.17) is 14.0 Å². The van der Waals surface area contributed by atoms with Crippen LogP contribution < -0.4 is 0 Å². The van der Waals surface area contributed by atoms with Crippen LogP contribution in [0.25, 0.3) is 0 Å². The molecule has 1 N–H and O–H groups in total. The Labute approximate surface area is 383 Å². The fraction of sp³-hybridized carbons (Fsp3) is 0.849. The first kappa shape index (κ1) is 60.3. The van der Waals surface area contributed by atoms with Gasteiger partial charge in [-0.2, -0.15) is 0 Å². The number of esters is 2. The van der Waals surface area contributed by atoms with Gasteiger partial charge in [0.2, 0.25) is 0 Å². The van der Waals surface area contributed by atoms with Crippen molar-refractivity contribution in [2.75, 3.05) is 20.3 Å². The highest BCUT2D eigenvalue weighted by atomic mass is 31.2. The smallest absolute Gasteiger partial charge is 0.462 e. The summed E-state index contributed by atoms with van der Waals surface area (Å²) in [6.45, 7) is 3.89. The van der Waals surface area contributed by atoms with E-state index in [1.165, 1.54) is 173 Å². The Morgan fingerprint density at radius 2 is 0.774 bits per heavy atom. The van der Waals surface area contributed by atoms with E-state index in [1.54, 1.807) is 0 Å². The lowest BCUT2D eigenvalue weighted by molar-refractivity contribution is -0.161. The SMILES string of the molecule is CCCCC/C=C\C/C=C\C/C=C\CCCCCCCCC(=O)OC(COC(=O)CCCCCCCCCCCCCCCCCCCCCCCCCC)COP(=O)(O)OC. The molecule has 2 unspecified atom stereocenters. The van der Waals surface area contributed by atoms with E-state index >= 15 is 0 Å². The number of rotatable bonds is 49. The van der Waals surface area contributed by atoms with E-state index in [-0.39, 0.29) is 19.0 Å². The van der Waals surface area contributed by atoms with Crippen LogP contribution in [-0.4, -0.2) is 43.3 Å². The van der Waals surface area contributed by atoms with Crippen molar-refractivity contribution >= 4 is 19.8 Å². The van der Waals surface area contributed by atoms with Gasteiger partial charge in [-0.15, -0.1) is 0 Å². The van der Waals surface area contributed by atoms with Gasteiger partial charge in [0.25, 0.3) is 0 Å². The van der Waals surface area contributed by atoms with Crippen molar-refractivity contribution in [2.45, 2.75) is 270 Å². The molecule has 0 heterocycles. The second kappa shape index (κ2) is 48.7. The average Bonchev–Trinajstić information content (AvgIpc) is 3.26. The van der Waals surface area contributed by atoms with Crippen LogP contribution in [0.4, 0.5) is 0 Å². The highest BCUT2D eigenvalue weighted by Gasteiger charge is 2.24. The maximum absolute atomic E-state index is 12.6. The monoisotopic (exact) mass is 895 g/mol. The Morgan fingerprint density at radius 1 is 0.452 bits per heavy atom. The molecule has 0 aliphatic rings. The summed E-state index contributed by atoms with van der Waals surface area (Å²) >= 11 is 0. The molecule has 0 aliphatic carbocycles. The van der Waals surface area contributed by atoms with Crippen molar-refractivity contribution in [1.29, 1.82) is 0 Å². The van der Waals surface area contributed by atoms with Gasteiger partial charge >= 0.3 is 19.8 Å². The minimum atomic E-state index is -4.27. The van der Waals surface area contributed by atoms with E-state index in [0.29, 0.717) is 12.8 Å². The van der Waals surface area contributed by atoms with Crippen molar-refractivity contribution in [1.82, 2.24) is 0 Å². The quantitative estimate of drug-likeness (QED) is 0.0278. The first-order valence-electron chi connectivity index (χ1n) is 26.2. The lowest BCUT2D eigenvalue weighted by Crippen LogP contribution is -2.29. The number of unbranched alkanes of at least 4 members (excludes halogenated alkanes) is 32. The van der Waals surface area contributed by atoms with Crippen LogP contribution in [0, 0.1) is 0 Å². The summed E-state index contributed by atoms with van der Waals surface area (Å²) in [7, 11) is -3.20. The molecule has 0 bridgehead atoms. The van der Waals surface area contributed by atoms with Gasteiger partial charge in [-0.25, -0.2) is 4.57 Å². The van der Waals surface area contributed by atoms with E-state index in [1.807, 2.05) is 0 Å². The second-order valence-electron chi connectivity index (χ2n) is 17.7. The van der Waals surface area contributed by atoms with Gasteiger partial charge in [0, 0.05) is 20.0 Å². The number of hydrogen-bond acceptors (Lipinski definition) is 7. The maximum atomic E-state index is 12.6. The van der Waals surface area contributed by atoms with Crippen molar-refractivity contribution in [3.63, 3.8) is 0 Å². The van der Waals surface area contributed by atoms with E-state index in [9.17, 15) is 19.0 Å². The summed E-state index contributed by atoms with van der Waals surface area (Å²) in [5.41, 5.74) is 0. The molecule has 9 heteroatoms. The maximum Gasteiger partial charge on any atom is 0.472 e. The van der Waals surface area contributed by atoms with Crippen LogP contribution in [0.3, 0.4) is 0 Å². The minimum Gasteiger partial charge on any atom is -0.462 e. The molecule has 0 saturated carbocycles. The van der Waals surface area contributed by atoms with Crippen LogP contribution in [0.5, 0.6) is 0 Å². The van der Waals surface area contributed by atoms with Crippen LogP contribution >= 0.6 is 7.82 Å². The number of carbonyl (C=O) groups excluding carboxylic acids is 2. The Balaban J connectivity index is 3.87. The summed E-state index contributed by atoms with van der Waals surface area (Å²) in [6, 6.07) is 0. The normalized spacial score (nSPS) is 13.4. The summed E-state index contributed by atoms with van der Waals surface area (Å²) < 4.78 is 32.1. The lowest BCUT2D eigenvalue weighted by Gasteiger charge is -2.19. The van der Waals surface area contributed by atoms with Crippen LogP contribution in [0.15, 0.2) is 36.5 Å². The zero-order chi connectivity index (χ0) is 45.3. The van der Waals surface area contributed by atoms with Gasteiger partial charge in [0.05, 0.1) is 6.61 Å². The first-order chi connectivity index (χ1) is 30.3. The summed E-state index contributed by atoms with van der Waals surface area (Å²) in [4.78, 5) is 34.7. The molecule has 0 fully saturated rings. The molecule has 0 spiro atoms.